The summed E-state index contributed by atoms with van der Waals surface area (Å²) >= 11 is 0. The van der Waals surface area contributed by atoms with Crippen molar-refractivity contribution in [2.24, 2.45) is 0 Å². The first-order valence-corrected chi connectivity index (χ1v) is 23.0. The highest BCUT2D eigenvalue weighted by Crippen LogP contribution is 2.44. The Bertz CT molecular complexity index is 3690. The molecule has 0 saturated heterocycles. The van der Waals surface area contributed by atoms with E-state index in [9.17, 15) is 0 Å². The zero-order valence-corrected chi connectivity index (χ0v) is 36.9. The van der Waals surface area contributed by atoms with Gasteiger partial charge >= 0.3 is 0 Å². The molecule has 68 heavy (non-hydrogen) atoms. The molecule has 0 unspecified atom stereocenters. The second kappa shape index (κ2) is 16.4. The Morgan fingerprint density at radius 3 is 0.985 bits per heavy atom. The van der Waals surface area contributed by atoms with Gasteiger partial charge in [-0.2, -0.15) is 0 Å². The Labute approximate surface area is 393 Å². The predicted molar refractivity (Wildman–Crippen MR) is 281 cm³/mol. The van der Waals surface area contributed by atoms with Crippen LogP contribution in [0.1, 0.15) is 0 Å². The lowest BCUT2D eigenvalue weighted by molar-refractivity contribution is 1.06. The normalized spacial score (nSPS) is 11.5. The van der Waals surface area contributed by atoms with E-state index in [0.29, 0.717) is 17.5 Å². The Morgan fingerprint density at radius 2 is 0.559 bits per heavy atom. The molecule has 0 aliphatic heterocycles. The minimum atomic E-state index is 0.572. The third kappa shape index (κ3) is 6.51. The van der Waals surface area contributed by atoms with Gasteiger partial charge in [0, 0.05) is 27.1 Å². The van der Waals surface area contributed by atoms with E-state index >= 15 is 0 Å². The van der Waals surface area contributed by atoms with Crippen molar-refractivity contribution in [2.75, 3.05) is 0 Å². The van der Waals surface area contributed by atoms with Crippen LogP contribution < -0.4 is 0 Å². The molecule has 5 heteroatoms. The quantitative estimate of drug-likeness (QED) is 0.153. The van der Waals surface area contributed by atoms with Gasteiger partial charge in [0.1, 0.15) is 0 Å². The maximum Gasteiger partial charge on any atom is 0.166 e. The maximum absolute atomic E-state index is 5.76. The van der Waals surface area contributed by atoms with Crippen LogP contribution in [-0.2, 0) is 0 Å². The molecule has 0 saturated carbocycles. The van der Waals surface area contributed by atoms with Gasteiger partial charge in [-0.1, -0.05) is 206 Å². The fourth-order valence-corrected chi connectivity index (χ4v) is 10.2. The number of nitrogens with zero attached hydrogens (tertiary/aromatic N) is 5. The van der Waals surface area contributed by atoms with E-state index in [1.54, 1.807) is 0 Å². The fraction of sp³-hybridized carbons (Fsp3) is 0. The van der Waals surface area contributed by atoms with E-state index in [1.165, 1.54) is 21.5 Å². The van der Waals surface area contributed by atoms with Crippen LogP contribution >= 0.6 is 0 Å². The molecule has 0 aliphatic carbocycles. The third-order valence-electron chi connectivity index (χ3n) is 13.2. The molecule has 3 heterocycles. The summed E-state index contributed by atoms with van der Waals surface area (Å²) in [5, 5.41) is 4.73. The summed E-state index contributed by atoms with van der Waals surface area (Å²) in [6, 6.07) is 88.0. The van der Waals surface area contributed by atoms with Gasteiger partial charge in [-0.25, -0.2) is 15.0 Å². The largest absolute Gasteiger partial charge is 0.308 e. The molecule has 3 aromatic heterocycles. The highest BCUT2D eigenvalue weighted by Gasteiger charge is 2.26. The summed E-state index contributed by atoms with van der Waals surface area (Å²) in [6.45, 7) is 0. The van der Waals surface area contributed by atoms with E-state index in [4.69, 9.17) is 15.0 Å². The second-order valence-corrected chi connectivity index (χ2v) is 17.1. The highest BCUT2D eigenvalue weighted by molar-refractivity contribution is 6.11. The van der Waals surface area contributed by atoms with E-state index in [1.807, 2.05) is 0 Å². The van der Waals surface area contributed by atoms with Crippen molar-refractivity contribution < 1.29 is 0 Å². The molecule has 10 aromatic carbocycles. The molecular weight excluding hydrogens is 827 g/mol. The van der Waals surface area contributed by atoms with Gasteiger partial charge in [-0.05, 0) is 75.8 Å². The molecular formula is C63H41N5. The van der Waals surface area contributed by atoms with Gasteiger partial charge in [0.2, 0.25) is 0 Å². The highest BCUT2D eigenvalue weighted by atomic mass is 15.1. The van der Waals surface area contributed by atoms with E-state index < -0.39 is 0 Å². The first-order chi connectivity index (χ1) is 33.8. The number of hydrogen-bond donors (Lipinski definition) is 0. The van der Waals surface area contributed by atoms with Crippen LogP contribution in [0.25, 0.3) is 123 Å². The SMILES string of the molecule is c1ccc(-c2cccc(-c3nc(-c4c(-c5ccccc5)cccc4-n4c5ccccc5c5ccccc54)nc(-c4c(-c5ccccc5)cccc4-n4c5ccccc5c5ccccc54)n3)c2)cc1. The molecule has 318 valence electrons. The minimum Gasteiger partial charge on any atom is -0.308 e. The Morgan fingerprint density at radius 1 is 0.235 bits per heavy atom. The number of para-hydroxylation sites is 4. The van der Waals surface area contributed by atoms with Crippen molar-refractivity contribution in [1.82, 2.24) is 24.1 Å². The van der Waals surface area contributed by atoms with E-state index in [-0.39, 0.29) is 0 Å². The van der Waals surface area contributed by atoms with Crippen LogP contribution in [0.3, 0.4) is 0 Å². The van der Waals surface area contributed by atoms with Crippen LogP contribution in [0, 0.1) is 0 Å². The molecule has 0 N–H and O–H groups in total. The van der Waals surface area contributed by atoms with Crippen LogP contribution in [-0.4, -0.2) is 24.1 Å². The first kappa shape index (κ1) is 39.2. The molecule has 0 atom stereocenters. The Balaban J connectivity index is 1.17. The van der Waals surface area contributed by atoms with Crippen molar-refractivity contribution in [2.45, 2.75) is 0 Å². The summed E-state index contributed by atoms with van der Waals surface area (Å²) in [7, 11) is 0. The van der Waals surface area contributed by atoms with Crippen LogP contribution in [0.2, 0.25) is 0 Å². The standard InChI is InChI=1S/C63H41N5/c1-4-21-42(22-5-1)45-27-18-28-46(41-45)61-64-62(59-47(43-23-6-2-7-24-43)33-19-39-57(59)67-53-35-14-10-29-49(53)50-30-11-15-36-54(50)67)66-63(65-61)60-48(44-25-8-3-9-26-44)34-20-40-58(60)68-55-37-16-12-31-51(55)52-32-13-17-38-56(52)68/h1-41H. The second-order valence-electron chi connectivity index (χ2n) is 17.1. The molecule has 0 bridgehead atoms. The maximum atomic E-state index is 5.76. The summed E-state index contributed by atoms with van der Waals surface area (Å²) < 4.78 is 4.76. The summed E-state index contributed by atoms with van der Waals surface area (Å²) in [6.07, 6.45) is 0. The summed E-state index contributed by atoms with van der Waals surface area (Å²) in [5.74, 6) is 1.72. The van der Waals surface area contributed by atoms with Crippen molar-refractivity contribution in [3.8, 4) is 78.9 Å². The molecule has 0 spiro atoms. The topological polar surface area (TPSA) is 48.5 Å². The zero-order chi connectivity index (χ0) is 45.0. The lowest BCUT2D eigenvalue weighted by atomic mass is 9.95. The van der Waals surface area contributed by atoms with Gasteiger partial charge in [-0.15, -0.1) is 0 Å². The average molecular weight is 868 g/mol. The third-order valence-corrected chi connectivity index (χ3v) is 13.2. The molecule has 13 rings (SSSR count). The first-order valence-electron chi connectivity index (χ1n) is 23.0. The monoisotopic (exact) mass is 867 g/mol. The van der Waals surface area contributed by atoms with Gasteiger partial charge in [0.25, 0.3) is 0 Å². The molecule has 0 fully saturated rings. The van der Waals surface area contributed by atoms with Gasteiger partial charge in [-0.3, -0.25) is 0 Å². The minimum absolute atomic E-state index is 0.572. The smallest absolute Gasteiger partial charge is 0.166 e. The average Bonchev–Trinajstić information content (AvgIpc) is 3.94. The van der Waals surface area contributed by atoms with Crippen molar-refractivity contribution in [3.63, 3.8) is 0 Å². The lowest BCUT2D eigenvalue weighted by Crippen LogP contribution is -2.07. The number of fused-ring (bicyclic) bond motifs is 6. The number of hydrogen-bond acceptors (Lipinski definition) is 3. The number of rotatable bonds is 8. The Hall–Kier alpha value is -9.19. The predicted octanol–water partition coefficient (Wildman–Crippen LogP) is 16.1. The van der Waals surface area contributed by atoms with Crippen LogP contribution in [0.4, 0.5) is 0 Å². The van der Waals surface area contributed by atoms with Gasteiger partial charge in [0.05, 0.1) is 44.6 Å². The van der Waals surface area contributed by atoms with Crippen LogP contribution in [0.5, 0.6) is 0 Å². The molecule has 13 aromatic rings. The fourth-order valence-electron chi connectivity index (χ4n) is 10.2. The molecule has 5 nitrogen and oxygen atoms in total. The molecule has 0 radical (unpaired) electrons. The van der Waals surface area contributed by atoms with Gasteiger partial charge < -0.3 is 9.13 Å². The van der Waals surface area contributed by atoms with E-state index in [0.717, 1.165) is 83.5 Å². The zero-order valence-electron chi connectivity index (χ0n) is 36.9. The number of aromatic nitrogens is 5. The van der Waals surface area contributed by atoms with Crippen molar-refractivity contribution in [1.29, 1.82) is 0 Å². The van der Waals surface area contributed by atoms with Gasteiger partial charge in [0.15, 0.2) is 17.5 Å². The summed E-state index contributed by atoms with van der Waals surface area (Å²) in [4.78, 5) is 17.0. The van der Waals surface area contributed by atoms with Crippen molar-refractivity contribution in [3.05, 3.63) is 249 Å². The van der Waals surface area contributed by atoms with Crippen LogP contribution in [0.15, 0.2) is 249 Å². The van der Waals surface area contributed by atoms with Crippen molar-refractivity contribution >= 4 is 43.6 Å². The Kier molecular flexibility index (Phi) is 9.43. The molecule has 0 aliphatic rings. The summed E-state index contributed by atoms with van der Waals surface area (Å²) in [5.41, 5.74) is 15.4. The molecule has 0 amide bonds. The lowest BCUT2D eigenvalue weighted by Gasteiger charge is -2.20. The number of benzene rings is 10. The van der Waals surface area contributed by atoms with E-state index in [2.05, 4.69) is 258 Å².